The van der Waals surface area contributed by atoms with Gasteiger partial charge in [0.1, 0.15) is 0 Å². The zero-order chi connectivity index (χ0) is 14.3. The molecule has 1 aromatic heterocycles. The van der Waals surface area contributed by atoms with Gasteiger partial charge in [0, 0.05) is 38.7 Å². The van der Waals surface area contributed by atoms with E-state index in [4.69, 9.17) is 4.74 Å². The van der Waals surface area contributed by atoms with Gasteiger partial charge in [0.15, 0.2) is 0 Å². The lowest BCUT2D eigenvalue weighted by Crippen LogP contribution is -2.25. The molecule has 0 aromatic carbocycles. The molecule has 4 nitrogen and oxygen atoms in total. The Labute approximate surface area is 117 Å². The van der Waals surface area contributed by atoms with Crippen molar-refractivity contribution in [3.8, 4) is 0 Å². The summed E-state index contributed by atoms with van der Waals surface area (Å²) in [4.78, 5) is 4.38. The maximum Gasteiger partial charge on any atom is 0.202 e. The van der Waals surface area contributed by atoms with Crippen LogP contribution in [0.5, 0.6) is 0 Å². The largest absolute Gasteiger partial charge is 0.382 e. The van der Waals surface area contributed by atoms with Crippen LogP contribution in [-0.4, -0.2) is 29.3 Å². The molecule has 0 fully saturated rings. The number of hydrogen-bond donors (Lipinski definition) is 1. The Morgan fingerprint density at radius 2 is 2.16 bits per heavy atom. The second-order valence-electron chi connectivity index (χ2n) is 6.14. The SMILES string of the molecule is CCOCCCn1ccnc1NCC(C)C(C)(C)C. The second-order valence-corrected chi connectivity index (χ2v) is 6.14. The Hall–Kier alpha value is -1.03. The van der Waals surface area contributed by atoms with Crippen LogP contribution in [0.25, 0.3) is 0 Å². The van der Waals surface area contributed by atoms with Crippen LogP contribution >= 0.6 is 0 Å². The summed E-state index contributed by atoms with van der Waals surface area (Å²) >= 11 is 0. The van der Waals surface area contributed by atoms with Gasteiger partial charge in [0.25, 0.3) is 0 Å². The summed E-state index contributed by atoms with van der Waals surface area (Å²) in [5.74, 6) is 1.56. The molecule has 1 rings (SSSR count). The standard InChI is InChI=1S/C15H29N3O/c1-6-19-11-7-9-18-10-8-16-14(18)17-12-13(2)15(3,4)5/h8,10,13H,6-7,9,11-12H2,1-5H3,(H,16,17). The molecule has 1 heterocycles. The number of rotatable bonds is 8. The van der Waals surface area contributed by atoms with Gasteiger partial charge < -0.3 is 14.6 Å². The topological polar surface area (TPSA) is 39.1 Å². The van der Waals surface area contributed by atoms with Gasteiger partial charge in [-0.15, -0.1) is 0 Å². The molecule has 0 aliphatic heterocycles. The average Bonchev–Trinajstić information content (AvgIpc) is 2.78. The first kappa shape index (κ1) is 16.0. The quantitative estimate of drug-likeness (QED) is 0.734. The van der Waals surface area contributed by atoms with E-state index in [-0.39, 0.29) is 0 Å². The van der Waals surface area contributed by atoms with Crippen LogP contribution < -0.4 is 5.32 Å². The van der Waals surface area contributed by atoms with E-state index in [1.165, 1.54) is 0 Å². The third-order valence-electron chi connectivity index (χ3n) is 3.65. The van der Waals surface area contributed by atoms with Gasteiger partial charge in [-0.3, -0.25) is 0 Å². The van der Waals surface area contributed by atoms with E-state index in [9.17, 15) is 0 Å². The van der Waals surface area contributed by atoms with E-state index in [0.29, 0.717) is 11.3 Å². The molecule has 0 aliphatic carbocycles. The third-order valence-corrected chi connectivity index (χ3v) is 3.65. The molecule has 0 saturated heterocycles. The number of hydrogen-bond acceptors (Lipinski definition) is 3. The van der Waals surface area contributed by atoms with Crippen molar-refractivity contribution in [2.24, 2.45) is 11.3 Å². The summed E-state index contributed by atoms with van der Waals surface area (Å²) in [5.41, 5.74) is 0.319. The number of nitrogens with zero attached hydrogens (tertiary/aromatic N) is 2. The molecule has 0 spiro atoms. The highest BCUT2D eigenvalue weighted by molar-refractivity contribution is 5.25. The maximum absolute atomic E-state index is 5.36. The normalized spacial score (nSPS) is 13.5. The third kappa shape index (κ3) is 5.64. The van der Waals surface area contributed by atoms with Crippen LogP contribution in [0.4, 0.5) is 5.95 Å². The molecular formula is C15H29N3O. The zero-order valence-electron chi connectivity index (χ0n) is 13.1. The van der Waals surface area contributed by atoms with Crippen molar-refractivity contribution in [2.45, 2.75) is 47.6 Å². The highest BCUT2D eigenvalue weighted by atomic mass is 16.5. The second kappa shape index (κ2) is 7.53. The van der Waals surface area contributed by atoms with Gasteiger partial charge in [0.2, 0.25) is 5.95 Å². The Bertz CT molecular complexity index is 355. The van der Waals surface area contributed by atoms with E-state index in [1.54, 1.807) is 0 Å². The predicted octanol–water partition coefficient (Wildman–Crippen LogP) is 3.40. The van der Waals surface area contributed by atoms with Crippen LogP contribution in [0.3, 0.4) is 0 Å². The summed E-state index contributed by atoms with van der Waals surface area (Å²) in [5, 5.41) is 3.45. The van der Waals surface area contributed by atoms with E-state index < -0.39 is 0 Å². The van der Waals surface area contributed by atoms with E-state index in [2.05, 4.69) is 42.6 Å². The number of aryl methyl sites for hydroxylation is 1. The number of anilines is 1. The minimum atomic E-state index is 0.319. The average molecular weight is 267 g/mol. The fourth-order valence-corrected chi connectivity index (χ4v) is 1.69. The van der Waals surface area contributed by atoms with E-state index in [1.807, 2.05) is 19.3 Å². The molecule has 1 unspecified atom stereocenters. The van der Waals surface area contributed by atoms with Crippen molar-refractivity contribution in [2.75, 3.05) is 25.1 Å². The molecule has 110 valence electrons. The molecule has 4 heteroatoms. The minimum absolute atomic E-state index is 0.319. The van der Waals surface area contributed by atoms with Gasteiger partial charge in [-0.25, -0.2) is 4.98 Å². The number of ether oxygens (including phenoxy) is 1. The van der Waals surface area contributed by atoms with Crippen LogP contribution in [0.15, 0.2) is 12.4 Å². The van der Waals surface area contributed by atoms with Crippen molar-refractivity contribution in [1.29, 1.82) is 0 Å². The minimum Gasteiger partial charge on any atom is -0.382 e. The van der Waals surface area contributed by atoms with Gasteiger partial charge in [0.05, 0.1) is 0 Å². The summed E-state index contributed by atoms with van der Waals surface area (Å²) in [6.07, 6.45) is 4.90. The van der Waals surface area contributed by atoms with Crippen LogP contribution in [0.1, 0.15) is 41.0 Å². The lowest BCUT2D eigenvalue weighted by atomic mass is 9.82. The van der Waals surface area contributed by atoms with Crippen molar-refractivity contribution in [1.82, 2.24) is 9.55 Å². The lowest BCUT2D eigenvalue weighted by Gasteiger charge is -2.27. The molecule has 0 aliphatic rings. The van der Waals surface area contributed by atoms with Crippen molar-refractivity contribution >= 4 is 5.95 Å². The molecule has 1 aromatic rings. The van der Waals surface area contributed by atoms with Gasteiger partial charge in [-0.1, -0.05) is 27.7 Å². The summed E-state index contributed by atoms with van der Waals surface area (Å²) in [6.45, 7) is 14.6. The van der Waals surface area contributed by atoms with Crippen molar-refractivity contribution in [3.05, 3.63) is 12.4 Å². The fraction of sp³-hybridized carbons (Fsp3) is 0.800. The highest BCUT2D eigenvalue weighted by Gasteiger charge is 2.19. The molecule has 0 saturated carbocycles. The van der Waals surface area contributed by atoms with Crippen molar-refractivity contribution in [3.63, 3.8) is 0 Å². The first-order chi connectivity index (χ1) is 8.95. The zero-order valence-corrected chi connectivity index (χ0v) is 13.1. The molecule has 0 radical (unpaired) electrons. The Morgan fingerprint density at radius 3 is 2.79 bits per heavy atom. The monoisotopic (exact) mass is 267 g/mol. The summed E-state index contributed by atoms with van der Waals surface area (Å²) in [6, 6.07) is 0. The van der Waals surface area contributed by atoms with Crippen LogP contribution in [-0.2, 0) is 11.3 Å². The van der Waals surface area contributed by atoms with E-state index >= 15 is 0 Å². The molecule has 1 N–H and O–H groups in total. The Morgan fingerprint density at radius 1 is 1.42 bits per heavy atom. The maximum atomic E-state index is 5.36. The van der Waals surface area contributed by atoms with Gasteiger partial charge >= 0.3 is 0 Å². The Kier molecular flexibility index (Phi) is 6.35. The summed E-state index contributed by atoms with van der Waals surface area (Å²) in [7, 11) is 0. The highest BCUT2D eigenvalue weighted by Crippen LogP contribution is 2.25. The predicted molar refractivity (Wildman–Crippen MR) is 80.4 cm³/mol. The first-order valence-electron chi connectivity index (χ1n) is 7.28. The summed E-state index contributed by atoms with van der Waals surface area (Å²) < 4.78 is 7.52. The number of aromatic nitrogens is 2. The van der Waals surface area contributed by atoms with Gasteiger partial charge in [-0.05, 0) is 24.7 Å². The molecule has 0 amide bonds. The van der Waals surface area contributed by atoms with Crippen molar-refractivity contribution < 1.29 is 4.74 Å². The number of nitrogens with one attached hydrogen (secondary N) is 1. The van der Waals surface area contributed by atoms with E-state index in [0.717, 1.165) is 38.7 Å². The molecular weight excluding hydrogens is 238 g/mol. The molecule has 1 atom stereocenters. The first-order valence-corrected chi connectivity index (χ1v) is 7.28. The van der Waals surface area contributed by atoms with Gasteiger partial charge in [-0.2, -0.15) is 0 Å². The smallest absolute Gasteiger partial charge is 0.202 e. The molecule has 0 bridgehead atoms. The van der Waals surface area contributed by atoms with Crippen LogP contribution in [0, 0.1) is 11.3 Å². The Balaban J connectivity index is 2.40. The lowest BCUT2D eigenvalue weighted by molar-refractivity contribution is 0.142. The van der Waals surface area contributed by atoms with Crippen LogP contribution in [0.2, 0.25) is 0 Å². The fourth-order valence-electron chi connectivity index (χ4n) is 1.69. The number of imidazole rings is 1. The molecule has 19 heavy (non-hydrogen) atoms.